The van der Waals surface area contributed by atoms with Crippen molar-refractivity contribution in [1.82, 2.24) is 5.01 Å². The minimum Gasteiger partial charge on any atom is -0.476 e. The van der Waals surface area contributed by atoms with Gasteiger partial charge >= 0.3 is 5.69 Å². The molecule has 0 unspecified atom stereocenters. The summed E-state index contributed by atoms with van der Waals surface area (Å²) >= 11 is 3.17. The van der Waals surface area contributed by atoms with E-state index in [1.54, 1.807) is 0 Å². The number of nitrogens with zero attached hydrogens (tertiary/aromatic N) is 3. The monoisotopic (exact) mass is 462 g/mol. The third kappa shape index (κ3) is 3.20. The highest BCUT2D eigenvalue weighted by atomic mass is 79.9. The van der Waals surface area contributed by atoms with Crippen LogP contribution in [-0.4, -0.2) is 40.5 Å². The SMILES string of the molecule is NC(=O)COc1c(C=NN2C(=O)[C@@H]3[C@H](C2=O)[C@H]2C=C[C@H]3C2)cc(Br)cc1[N+](=O)[O-]. The van der Waals surface area contributed by atoms with Crippen LogP contribution in [0.25, 0.3) is 0 Å². The van der Waals surface area contributed by atoms with E-state index in [4.69, 9.17) is 10.5 Å². The van der Waals surface area contributed by atoms with Crippen molar-refractivity contribution >= 4 is 45.6 Å². The van der Waals surface area contributed by atoms with Gasteiger partial charge in [0.25, 0.3) is 17.7 Å². The highest BCUT2D eigenvalue weighted by Gasteiger charge is 2.59. The number of hydrogen-bond donors (Lipinski definition) is 1. The van der Waals surface area contributed by atoms with Crippen LogP contribution in [0, 0.1) is 33.8 Å². The first kappa shape index (κ1) is 19.2. The van der Waals surface area contributed by atoms with Crippen LogP contribution in [0.3, 0.4) is 0 Å². The van der Waals surface area contributed by atoms with Crippen molar-refractivity contribution in [3.63, 3.8) is 0 Å². The lowest BCUT2D eigenvalue weighted by molar-refractivity contribution is -0.385. The number of nitrogens with two attached hydrogens (primary N) is 1. The predicted octanol–water partition coefficient (Wildman–Crippen LogP) is 1.36. The van der Waals surface area contributed by atoms with Gasteiger partial charge in [-0.3, -0.25) is 24.5 Å². The fourth-order valence-electron chi connectivity index (χ4n) is 4.25. The van der Waals surface area contributed by atoms with Crippen molar-refractivity contribution in [2.24, 2.45) is 34.5 Å². The standard InChI is InChI=1S/C18H15BrN4O6/c19-11-4-10(16(29-7-13(20)24)12(5-11)23(27)28)6-21-22-17(25)14-8-1-2-9(3-8)15(14)18(22)26/h1-2,4-6,8-9,14-15H,3,7H2,(H2,20,24)/t8-,9-,14-,15+/m0/s1. The van der Waals surface area contributed by atoms with E-state index in [1.165, 1.54) is 12.1 Å². The molecule has 1 aromatic carbocycles. The number of rotatable bonds is 6. The second-order valence-corrected chi connectivity index (χ2v) is 8.00. The van der Waals surface area contributed by atoms with Gasteiger partial charge in [-0.05, 0) is 24.3 Å². The number of allylic oxidation sites excluding steroid dienone is 2. The number of amides is 3. The Balaban J connectivity index is 1.66. The molecule has 3 aliphatic rings. The molecule has 29 heavy (non-hydrogen) atoms. The maximum atomic E-state index is 12.7. The fourth-order valence-corrected chi connectivity index (χ4v) is 4.72. The van der Waals surface area contributed by atoms with Crippen molar-refractivity contribution in [1.29, 1.82) is 0 Å². The maximum Gasteiger partial charge on any atom is 0.312 e. The molecule has 1 aliphatic heterocycles. The van der Waals surface area contributed by atoms with E-state index >= 15 is 0 Å². The molecule has 1 saturated heterocycles. The van der Waals surface area contributed by atoms with Crippen molar-refractivity contribution in [2.45, 2.75) is 6.42 Å². The quantitative estimate of drug-likeness (QED) is 0.222. The highest BCUT2D eigenvalue weighted by Crippen LogP contribution is 2.52. The van der Waals surface area contributed by atoms with E-state index in [1.807, 2.05) is 12.2 Å². The molecule has 1 aromatic rings. The second-order valence-electron chi connectivity index (χ2n) is 7.09. The van der Waals surface area contributed by atoms with E-state index in [2.05, 4.69) is 21.0 Å². The number of carbonyl (C=O) groups is 3. The number of nitro groups is 1. The largest absolute Gasteiger partial charge is 0.476 e. The van der Waals surface area contributed by atoms with Gasteiger partial charge in [-0.25, -0.2) is 0 Å². The molecule has 4 rings (SSSR count). The number of ether oxygens (including phenoxy) is 1. The Bertz CT molecular complexity index is 976. The van der Waals surface area contributed by atoms with Gasteiger partial charge in [0.1, 0.15) is 0 Å². The Kier molecular flexibility index (Phi) is 4.69. The zero-order valence-electron chi connectivity index (χ0n) is 14.9. The molecule has 4 atom stereocenters. The van der Waals surface area contributed by atoms with E-state index in [0.29, 0.717) is 4.47 Å². The van der Waals surface area contributed by atoms with Crippen LogP contribution in [0.5, 0.6) is 5.75 Å². The molecule has 0 spiro atoms. The number of imide groups is 1. The van der Waals surface area contributed by atoms with Crippen molar-refractivity contribution in [2.75, 3.05) is 6.61 Å². The minimum absolute atomic E-state index is 0.0445. The number of nitro benzene ring substituents is 1. The summed E-state index contributed by atoms with van der Waals surface area (Å²) in [5.74, 6) is -2.53. The first-order valence-electron chi connectivity index (χ1n) is 8.77. The number of benzene rings is 1. The van der Waals surface area contributed by atoms with Gasteiger partial charge in [-0.1, -0.05) is 28.1 Å². The summed E-state index contributed by atoms with van der Waals surface area (Å²) in [6, 6.07) is 2.66. The smallest absolute Gasteiger partial charge is 0.312 e. The summed E-state index contributed by atoms with van der Waals surface area (Å²) in [7, 11) is 0. The average molecular weight is 463 g/mol. The Morgan fingerprint density at radius 2 is 1.93 bits per heavy atom. The molecule has 2 aliphatic carbocycles. The van der Waals surface area contributed by atoms with Gasteiger partial charge in [0.15, 0.2) is 6.61 Å². The number of hydrazone groups is 1. The number of halogens is 1. The minimum atomic E-state index is -0.814. The molecule has 1 saturated carbocycles. The Hall–Kier alpha value is -3.08. The summed E-state index contributed by atoms with van der Waals surface area (Å²) < 4.78 is 5.56. The predicted molar refractivity (Wildman–Crippen MR) is 103 cm³/mol. The van der Waals surface area contributed by atoms with Crippen molar-refractivity contribution in [3.8, 4) is 5.75 Å². The summed E-state index contributed by atoms with van der Waals surface area (Å²) in [5.41, 5.74) is 4.76. The van der Waals surface area contributed by atoms with Gasteiger partial charge in [-0.15, -0.1) is 0 Å². The Morgan fingerprint density at radius 3 is 2.48 bits per heavy atom. The zero-order valence-corrected chi connectivity index (χ0v) is 16.4. The number of hydrogen-bond acceptors (Lipinski definition) is 7. The number of carbonyl (C=O) groups excluding carboxylic acids is 3. The molecular weight excluding hydrogens is 448 g/mol. The summed E-state index contributed by atoms with van der Waals surface area (Å²) in [6.07, 6.45) is 5.88. The van der Waals surface area contributed by atoms with Crippen LogP contribution in [0.4, 0.5) is 5.69 Å². The van der Waals surface area contributed by atoms with Crippen molar-refractivity contribution in [3.05, 3.63) is 44.4 Å². The third-order valence-corrected chi connectivity index (χ3v) is 5.84. The van der Waals surface area contributed by atoms with Crippen LogP contribution >= 0.6 is 15.9 Å². The summed E-state index contributed by atoms with van der Waals surface area (Å²) in [4.78, 5) is 47.1. The fraction of sp³-hybridized carbons (Fsp3) is 0.333. The lowest BCUT2D eigenvalue weighted by atomic mass is 9.85. The summed E-state index contributed by atoms with van der Waals surface area (Å²) in [6.45, 7) is -0.579. The molecule has 11 heteroatoms. The zero-order chi connectivity index (χ0) is 20.9. The molecule has 0 radical (unpaired) electrons. The van der Waals surface area contributed by atoms with Crippen LogP contribution in [0.2, 0.25) is 0 Å². The molecule has 2 bridgehead atoms. The summed E-state index contributed by atoms with van der Waals surface area (Å²) in [5, 5.41) is 16.2. The third-order valence-electron chi connectivity index (χ3n) is 5.38. The van der Waals surface area contributed by atoms with Crippen LogP contribution in [-0.2, 0) is 14.4 Å². The average Bonchev–Trinajstić information content (AvgIpc) is 3.33. The van der Waals surface area contributed by atoms with E-state index in [-0.39, 0.29) is 35.0 Å². The Labute approximate surface area is 172 Å². The van der Waals surface area contributed by atoms with E-state index in [9.17, 15) is 24.5 Å². The lowest BCUT2D eigenvalue weighted by Crippen LogP contribution is -2.28. The highest BCUT2D eigenvalue weighted by molar-refractivity contribution is 9.10. The first-order chi connectivity index (χ1) is 13.8. The van der Waals surface area contributed by atoms with Gasteiger partial charge < -0.3 is 10.5 Å². The number of primary amides is 1. The van der Waals surface area contributed by atoms with Gasteiger partial charge in [0.05, 0.1) is 23.0 Å². The molecule has 1 heterocycles. The molecule has 0 aromatic heterocycles. The molecule has 10 nitrogen and oxygen atoms in total. The van der Waals surface area contributed by atoms with E-state index in [0.717, 1.165) is 17.6 Å². The van der Waals surface area contributed by atoms with Crippen LogP contribution < -0.4 is 10.5 Å². The molecule has 2 fully saturated rings. The molecule has 3 amide bonds. The second kappa shape index (κ2) is 7.07. The molecular formula is C18H15BrN4O6. The normalized spacial score (nSPS) is 27.1. The molecule has 2 N–H and O–H groups in total. The van der Waals surface area contributed by atoms with E-state index < -0.39 is 35.0 Å². The lowest BCUT2D eigenvalue weighted by Gasteiger charge is -2.13. The number of fused-ring (bicyclic) bond motifs is 5. The Morgan fingerprint density at radius 1 is 1.31 bits per heavy atom. The maximum absolute atomic E-state index is 12.7. The van der Waals surface area contributed by atoms with Gasteiger partial charge in [-0.2, -0.15) is 10.1 Å². The van der Waals surface area contributed by atoms with Crippen LogP contribution in [0.1, 0.15) is 12.0 Å². The first-order valence-corrected chi connectivity index (χ1v) is 9.56. The van der Waals surface area contributed by atoms with Gasteiger partial charge in [0, 0.05) is 16.1 Å². The van der Waals surface area contributed by atoms with Crippen molar-refractivity contribution < 1.29 is 24.0 Å². The van der Waals surface area contributed by atoms with Crippen LogP contribution in [0.15, 0.2) is 33.9 Å². The van der Waals surface area contributed by atoms with Gasteiger partial charge in [0.2, 0.25) is 5.75 Å². The molecule has 150 valence electrons. The topological polar surface area (TPSA) is 145 Å².